The molecular weight excluding hydrogens is 274 g/mol. The highest BCUT2D eigenvalue weighted by Crippen LogP contribution is 2.21. The van der Waals surface area contributed by atoms with Gasteiger partial charge in [-0.1, -0.05) is 0 Å². The molecule has 1 rings (SSSR count). The number of benzene rings is 1. The fraction of sp³-hybridized carbons (Fsp3) is 0.500. The fourth-order valence-electron chi connectivity index (χ4n) is 1.73. The second-order valence-corrected chi connectivity index (χ2v) is 5.84. The number of aliphatic hydroxyl groups is 1. The molecule has 0 aliphatic rings. The van der Waals surface area contributed by atoms with E-state index in [1.807, 2.05) is 25.1 Å². The first-order valence-electron chi connectivity index (χ1n) is 6.60. The van der Waals surface area contributed by atoms with Crippen molar-refractivity contribution in [2.75, 3.05) is 49.4 Å². The molecule has 0 radical (unpaired) electrons. The summed E-state index contributed by atoms with van der Waals surface area (Å²) in [6, 6.07) is 5.33. The van der Waals surface area contributed by atoms with Crippen LogP contribution in [0.4, 0.5) is 11.4 Å². The van der Waals surface area contributed by atoms with Crippen molar-refractivity contribution in [1.82, 2.24) is 5.32 Å². The molecule has 0 spiro atoms. The summed E-state index contributed by atoms with van der Waals surface area (Å²) in [4.78, 5) is 14.1. The van der Waals surface area contributed by atoms with Crippen molar-refractivity contribution in [3.8, 4) is 0 Å². The third-order valence-corrected chi connectivity index (χ3v) is 3.80. The summed E-state index contributed by atoms with van der Waals surface area (Å²) in [6.45, 7) is 0.825. The van der Waals surface area contributed by atoms with Gasteiger partial charge in [-0.2, -0.15) is 11.8 Å². The predicted molar refractivity (Wildman–Crippen MR) is 86.5 cm³/mol. The van der Waals surface area contributed by atoms with Crippen molar-refractivity contribution in [1.29, 1.82) is 0 Å². The van der Waals surface area contributed by atoms with Crippen LogP contribution in [-0.4, -0.2) is 49.8 Å². The van der Waals surface area contributed by atoms with E-state index in [9.17, 15) is 4.79 Å². The van der Waals surface area contributed by atoms with E-state index in [-0.39, 0.29) is 12.5 Å². The van der Waals surface area contributed by atoms with Crippen LogP contribution >= 0.6 is 11.8 Å². The van der Waals surface area contributed by atoms with Crippen LogP contribution < -0.4 is 16.0 Å². The zero-order valence-corrected chi connectivity index (χ0v) is 12.9. The normalized spacial score (nSPS) is 10.3. The Hall–Kier alpha value is -1.40. The zero-order chi connectivity index (χ0) is 15.0. The number of amides is 1. The summed E-state index contributed by atoms with van der Waals surface area (Å²) in [5.41, 5.74) is 7.77. The molecule has 1 amide bonds. The molecule has 0 aliphatic heterocycles. The summed E-state index contributed by atoms with van der Waals surface area (Å²) in [6.07, 6.45) is 0.790. The largest absolute Gasteiger partial charge is 0.399 e. The van der Waals surface area contributed by atoms with Gasteiger partial charge in [-0.15, -0.1) is 0 Å². The van der Waals surface area contributed by atoms with Crippen molar-refractivity contribution >= 4 is 29.0 Å². The number of anilines is 2. The van der Waals surface area contributed by atoms with Gasteiger partial charge in [0.1, 0.15) is 0 Å². The molecule has 0 fully saturated rings. The molecule has 6 heteroatoms. The number of carbonyl (C=O) groups is 1. The van der Waals surface area contributed by atoms with Gasteiger partial charge in [-0.05, 0) is 30.4 Å². The lowest BCUT2D eigenvalue weighted by atomic mass is 10.1. The first-order chi connectivity index (χ1) is 9.56. The van der Waals surface area contributed by atoms with E-state index in [2.05, 4.69) is 5.32 Å². The van der Waals surface area contributed by atoms with Gasteiger partial charge in [0.05, 0.1) is 5.56 Å². The van der Waals surface area contributed by atoms with Crippen LogP contribution in [0.25, 0.3) is 0 Å². The Kier molecular flexibility index (Phi) is 7.25. The second kappa shape index (κ2) is 8.71. The first kappa shape index (κ1) is 16.7. The smallest absolute Gasteiger partial charge is 0.253 e. The Labute approximate surface area is 124 Å². The second-order valence-electron chi connectivity index (χ2n) is 4.62. The minimum atomic E-state index is -0.108. The van der Waals surface area contributed by atoms with Crippen molar-refractivity contribution in [2.24, 2.45) is 0 Å². The Morgan fingerprint density at radius 1 is 1.40 bits per heavy atom. The van der Waals surface area contributed by atoms with Crippen LogP contribution in [0.15, 0.2) is 18.2 Å². The lowest BCUT2D eigenvalue weighted by Crippen LogP contribution is -2.28. The van der Waals surface area contributed by atoms with Crippen LogP contribution in [0.2, 0.25) is 0 Å². The third kappa shape index (κ3) is 5.30. The standard InChI is InChI=1S/C14H23N3O2S/c1-17(2)13-5-4-11(15)10-12(13)14(19)16-6-9-20-8-3-7-18/h4-5,10,18H,3,6-9,15H2,1-2H3,(H,16,19). The molecule has 0 heterocycles. The number of thioether (sulfide) groups is 1. The van der Waals surface area contributed by atoms with E-state index >= 15 is 0 Å². The average Bonchev–Trinajstić information content (AvgIpc) is 2.42. The van der Waals surface area contributed by atoms with Crippen molar-refractivity contribution in [2.45, 2.75) is 6.42 Å². The van der Waals surface area contributed by atoms with Gasteiger partial charge in [-0.25, -0.2) is 0 Å². The summed E-state index contributed by atoms with van der Waals surface area (Å²) in [5, 5.41) is 11.6. The Bertz CT molecular complexity index is 438. The van der Waals surface area contributed by atoms with Crippen LogP contribution in [-0.2, 0) is 0 Å². The zero-order valence-electron chi connectivity index (χ0n) is 12.1. The molecule has 1 aromatic rings. The summed E-state index contributed by atoms with van der Waals surface area (Å²) >= 11 is 1.72. The summed E-state index contributed by atoms with van der Waals surface area (Å²) in [7, 11) is 3.79. The van der Waals surface area contributed by atoms with Gasteiger partial charge >= 0.3 is 0 Å². The number of nitrogens with two attached hydrogens (primary N) is 1. The lowest BCUT2D eigenvalue weighted by Gasteiger charge is -2.17. The molecule has 0 saturated heterocycles. The summed E-state index contributed by atoms with van der Waals surface area (Å²) in [5.74, 6) is 1.64. The highest BCUT2D eigenvalue weighted by Gasteiger charge is 2.12. The maximum Gasteiger partial charge on any atom is 0.253 e. The summed E-state index contributed by atoms with van der Waals surface area (Å²) < 4.78 is 0. The molecule has 0 aliphatic carbocycles. The molecule has 5 nitrogen and oxygen atoms in total. The number of aliphatic hydroxyl groups excluding tert-OH is 1. The first-order valence-corrected chi connectivity index (χ1v) is 7.75. The number of hydrogen-bond donors (Lipinski definition) is 3. The number of nitrogen functional groups attached to an aromatic ring is 1. The van der Waals surface area contributed by atoms with Crippen molar-refractivity contribution in [3.63, 3.8) is 0 Å². The van der Waals surface area contributed by atoms with Gasteiger partial charge in [0.2, 0.25) is 0 Å². The minimum absolute atomic E-state index is 0.108. The maximum atomic E-state index is 12.2. The topological polar surface area (TPSA) is 78.6 Å². The molecule has 112 valence electrons. The van der Waals surface area contributed by atoms with E-state index < -0.39 is 0 Å². The Morgan fingerprint density at radius 2 is 2.15 bits per heavy atom. The number of carbonyl (C=O) groups excluding carboxylic acids is 1. The van der Waals surface area contributed by atoms with E-state index in [1.54, 1.807) is 23.9 Å². The van der Waals surface area contributed by atoms with E-state index in [1.165, 1.54) is 0 Å². The minimum Gasteiger partial charge on any atom is -0.399 e. The Balaban J connectivity index is 2.52. The molecule has 0 bridgehead atoms. The molecule has 4 N–H and O–H groups in total. The maximum absolute atomic E-state index is 12.2. The molecule has 1 aromatic carbocycles. The number of nitrogens with zero attached hydrogens (tertiary/aromatic N) is 1. The molecular formula is C14H23N3O2S. The quantitative estimate of drug-likeness (QED) is 0.496. The van der Waals surface area contributed by atoms with E-state index in [4.69, 9.17) is 10.8 Å². The van der Waals surface area contributed by atoms with Crippen LogP contribution in [0.5, 0.6) is 0 Å². The van der Waals surface area contributed by atoms with Gasteiger partial charge in [0.25, 0.3) is 5.91 Å². The lowest BCUT2D eigenvalue weighted by molar-refractivity contribution is 0.0956. The van der Waals surface area contributed by atoms with E-state index in [0.29, 0.717) is 17.8 Å². The molecule has 0 atom stereocenters. The fourth-order valence-corrected chi connectivity index (χ4v) is 2.51. The number of hydrogen-bond acceptors (Lipinski definition) is 5. The number of rotatable bonds is 8. The van der Waals surface area contributed by atoms with Crippen LogP contribution in [0, 0.1) is 0 Å². The highest BCUT2D eigenvalue weighted by atomic mass is 32.2. The number of nitrogens with one attached hydrogen (secondary N) is 1. The molecule has 0 unspecified atom stereocenters. The molecule has 20 heavy (non-hydrogen) atoms. The van der Waals surface area contributed by atoms with Crippen LogP contribution in [0.1, 0.15) is 16.8 Å². The van der Waals surface area contributed by atoms with Gasteiger partial charge in [0.15, 0.2) is 0 Å². The van der Waals surface area contributed by atoms with Gasteiger partial charge in [-0.3, -0.25) is 4.79 Å². The molecule has 0 saturated carbocycles. The van der Waals surface area contributed by atoms with Crippen LogP contribution in [0.3, 0.4) is 0 Å². The third-order valence-electron chi connectivity index (χ3n) is 2.73. The van der Waals surface area contributed by atoms with Gasteiger partial charge < -0.3 is 21.1 Å². The SMILES string of the molecule is CN(C)c1ccc(N)cc1C(=O)NCCSCCCO. The van der Waals surface area contributed by atoms with Crippen molar-refractivity contribution in [3.05, 3.63) is 23.8 Å². The monoisotopic (exact) mass is 297 g/mol. The van der Waals surface area contributed by atoms with E-state index in [0.717, 1.165) is 23.6 Å². The highest BCUT2D eigenvalue weighted by molar-refractivity contribution is 7.99. The molecule has 0 aromatic heterocycles. The van der Waals surface area contributed by atoms with Gasteiger partial charge in [0, 0.05) is 44.4 Å². The predicted octanol–water partition coefficient (Wildman–Crippen LogP) is 1.18. The van der Waals surface area contributed by atoms with Crippen molar-refractivity contribution < 1.29 is 9.90 Å². The average molecular weight is 297 g/mol. The Morgan fingerprint density at radius 3 is 2.80 bits per heavy atom.